The summed E-state index contributed by atoms with van der Waals surface area (Å²) in [5.74, 6) is -2.94. The monoisotopic (exact) mass is 572 g/mol. The topological polar surface area (TPSA) is 142 Å². The molecular formula is C25H24F4N2O7S. The van der Waals surface area contributed by atoms with Crippen LogP contribution in [0.25, 0.3) is 0 Å². The zero-order chi connectivity index (χ0) is 29.4. The van der Waals surface area contributed by atoms with Crippen molar-refractivity contribution in [2.24, 2.45) is 0 Å². The van der Waals surface area contributed by atoms with E-state index in [9.17, 15) is 35.9 Å². The minimum atomic E-state index is -5.08. The van der Waals surface area contributed by atoms with Crippen molar-refractivity contribution in [3.8, 4) is 11.5 Å². The van der Waals surface area contributed by atoms with Crippen LogP contribution in [0.3, 0.4) is 0 Å². The van der Waals surface area contributed by atoms with Crippen LogP contribution in [-0.2, 0) is 19.4 Å². The number of carbonyl (C=O) groups is 2. The first-order valence-corrected chi connectivity index (χ1v) is 12.4. The van der Waals surface area contributed by atoms with Gasteiger partial charge >= 0.3 is 12.1 Å². The minimum Gasteiger partial charge on any atom is -0.508 e. The Hall–Kier alpha value is -4.17. The fourth-order valence-electron chi connectivity index (χ4n) is 3.03. The zero-order valence-electron chi connectivity index (χ0n) is 20.5. The summed E-state index contributed by atoms with van der Waals surface area (Å²) in [6, 6.07) is 14.8. The SMILES string of the molecule is COc1ccc(O)c(C(C)NCC(=O)Nc2ccc(S(=O)(=O)c3ccc(F)cc3)cc2)c1.O=C(O)C(F)(F)F. The molecule has 9 nitrogen and oxygen atoms in total. The molecule has 1 unspecified atom stereocenters. The fraction of sp³-hybridized carbons (Fsp3) is 0.200. The standard InChI is InChI=1S/C23H23FN2O5S.C2HF3O2/c1-15(21-13-18(31-2)7-12-22(21)27)25-14-23(28)26-17-5-10-20(11-6-17)32(29,30)19-8-3-16(24)4-9-19;3-2(4,5)1(6)7/h3-13,15,25,27H,14H2,1-2H3,(H,26,28);(H,6,7). The number of halogens is 4. The number of carboxylic acid groups (broad SMARTS) is 1. The summed E-state index contributed by atoms with van der Waals surface area (Å²) in [6.07, 6.45) is -5.08. The van der Waals surface area contributed by atoms with Crippen molar-refractivity contribution < 1.29 is 50.5 Å². The first kappa shape index (κ1) is 31.1. The summed E-state index contributed by atoms with van der Waals surface area (Å²) in [6.45, 7) is 1.77. The maximum Gasteiger partial charge on any atom is 0.490 e. The maximum absolute atomic E-state index is 13.1. The molecule has 210 valence electrons. The van der Waals surface area contributed by atoms with E-state index in [0.717, 1.165) is 12.1 Å². The molecule has 0 bridgehead atoms. The Bertz CT molecular complexity index is 1400. The summed E-state index contributed by atoms with van der Waals surface area (Å²) in [5, 5.41) is 22.8. The van der Waals surface area contributed by atoms with Crippen LogP contribution in [0.5, 0.6) is 11.5 Å². The highest BCUT2D eigenvalue weighted by atomic mass is 32.2. The maximum atomic E-state index is 13.1. The van der Waals surface area contributed by atoms with Gasteiger partial charge in [-0.05, 0) is 73.7 Å². The summed E-state index contributed by atoms with van der Waals surface area (Å²) in [7, 11) is -2.26. The number of carbonyl (C=O) groups excluding carboxylic acids is 1. The van der Waals surface area contributed by atoms with Crippen LogP contribution >= 0.6 is 0 Å². The second kappa shape index (κ2) is 13.1. The van der Waals surface area contributed by atoms with Crippen LogP contribution in [0.1, 0.15) is 18.5 Å². The molecule has 0 aliphatic carbocycles. The van der Waals surface area contributed by atoms with E-state index in [2.05, 4.69) is 10.6 Å². The van der Waals surface area contributed by atoms with E-state index in [1.165, 1.54) is 49.6 Å². The van der Waals surface area contributed by atoms with E-state index in [4.69, 9.17) is 14.6 Å². The Morgan fingerprint density at radius 1 is 0.974 bits per heavy atom. The highest BCUT2D eigenvalue weighted by molar-refractivity contribution is 7.91. The Labute approximate surface area is 221 Å². The molecule has 3 aromatic carbocycles. The number of carboxylic acids is 1. The van der Waals surface area contributed by atoms with Crippen LogP contribution in [0.4, 0.5) is 23.2 Å². The number of benzene rings is 3. The second-order valence-corrected chi connectivity index (χ2v) is 9.81. The van der Waals surface area contributed by atoms with Gasteiger partial charge in [0, 0.05) is 17.3 Å². The van der Waals surface area contributed by atoms with Gasteiger partial charge in [0.05, 0.1) is 23.4 Å². The lowest BCUT2D eigenvalue weighted by atomic mass is 10.1. The number of rotatable bonds is 8. The molecule has 0 heterocycles. The van der Waals surface area contributed by atoms with Gasteiger partial charge < -0.3 is 25.6 Å². The molecule has 0 aliphatic heterocycles. The van der Waals surface area contributed by atoms with Crippen molar-refractivity contribution in [2.45, 2.75) is 28.9 Å². The average Bonchev–Trinajstić information content (AvgIpc) is 2.88. The number of amides is 1. The first-order valence-electron chi connectivity index (χ1n) is 11.0. The number of phenols is 1. The van der Waals surface area contributed by atoms with Crippen LogP contribution < -0.4 is 15.4 Å². The minimum absolute atomic E-state index is 0.0188. The van der Waals surface area contributed by atoms with Crippen LogP contribution in [0, 0.1) is 5.82 Å². The first-order chi connectivity index (χ1) is 18.1. The molecule has 3 aromatic rings. The second-order valence-electron chi connectivity index (χ2n) is 7.86. The highest BCUT2D eigenvalue weighted by Crippen LogP contribution is 2.28. The number of aromatic hydroxyl groups is 1. The molecule has 0 spiro atoms. The number of anilines is 1. The van der Waals surface area contributed by atoms with Gasteiger partial charge in [0.1, 0.15) is 17.3 Å². The predicted octanol–water partition coefficient (Wildman–Crippen LogP) is 4.30. The quantitative estimate of drug-likeness (QED) is 0.231. The number of aliphatic carboxylic acids is 1. The lowest BCUT2D eigenvalue weighted by Crippen LogP contribution is -2.30. The van der Waals surface area contributed by atoms with Gasteiger partial charge in [0.15, 0.2) is 0 Å². The summed E-state index contributed by atoms with van der Waals surface area (Å²) in [5.41, 5.74) is 1.01. The summed E-state index contributed by atoms with van der Waals surface area (Å²) < 4.78 is 75.2. The van der Waals surface area contributed by atoms with Gasteiger partial charge in [-0.25, -0.2) is 17.6 Å². The number of phenolic OH excluding ortho intramolecular Hbond substituents is 1. The average molecular weight is 573 g/mol. The molecule has 0 aliphatic rings. The van der Waals surface area contributed by atoms with Crippen molar-refractivity contribution in [2.75, 3.05) is 19.0 Å². The number of hydrogen-bond donors (Lipinski definition) is 4. The van der Waals surface area contributed by atoms with E-state index in [0.29, 0.717) is 17.0 Å². The largest absolute Gasteiger partial charge is 0.508 e. The molecule has 0 saturated carbocycles. The molecule has 4 N–H and O–H groups in total. The molecular weight excluding hydrogens is 548 g/mol. The van der Waals surface area contributed by atoms with E-state index in [1.54, 1.807) is 19.1 Å². The van der Waals surface area contributed by atoms with Crippen molar-refractivity contribution in [3.63, 3.8) is 0 Å². The number of ether oxygens (including phenoxy) is 1. The molecule has 0 radical (unpaired) electrons. The summed E-state index contributed by atoms with van der Waals surface area (Å²) >= 11 is 0. The summed E-state index contributed by atoms with van der Waals surface area (Å²) in [4.78, 5) is 21.2. The Morgan fingerprint density at radius 3 is 1.97 bits per heavy atom. The number of sulfone groups is 1. The number of alkyl halides is 3. The van der Waals surface area contributed by atoms with E-state index >= 15 is 0 Å². The molecule has 0 fully saturated rings. The third-order valence-electron chi connectivity index (χ3n) is 5.08. The number of methoxy groups -OCH3 is 1. The predicted molar refractivity (Wildman–Crippen MR) is 132 cm³/mol. The third kappa shape index (κ3) is 8.97. The fourth-order valence-corrected chi connectivity index (χ4v) is 4.30. The van der Waals surface area contributed by atoms with Gasteiger partial charge in [-0.3, -0.25) is 4.79 Å². The van der Waals surface area contributed by atoms with Gasteiger partial charge in [0.25, 0.3) is 0 Å². The van der Waals surface area contributed by atoms with Gasteiger partial charge in [0.2, 0.25) is 15.7 Å². The molecule has 1 amide bonds. The number of hydrogen-bond acceptors (Lipinski definition) is 7. The van der Waals surface area contributed by atoms with Gasteiger partial charge in [-0.15, -0.1) is 0 Å². The zero-order valence-corrected chi connectivity index (χ0v) is 21.3. The van der Waals surface area contributed by atoms with Crippen molar-refractivity contribution in [1.82, 2.24) is 5.32 Å². The smallest absolute Gasteiger partial charge is 0.490 e. The van der Waals surface area contributed by atoms with E-state index in [1.807, 2.05) is 0 Å². The molecule has 1 atom stereocenters. The van der Waals surface area contributed by atoms with Crippen molar-refractivity contribution >= 4 is 27.4 Å². The lowest BCUT2D eigenvalue weighted by molar-refractivity contribution is -0.192. The van der Waals surface area contributed by atoms with Crippen LogP contribution in [0.2, 0.25) is 0 Å². The van der Waals surface area contributed by atoms with Crippen molar-refractivity contribution in [3.05, 3.63) is 78.1 Å². The molecule has 39 heavy (non-hydrogen) atoms. The normalized spacial score (nSPS) is 12.1. The highest BCUT2D eigenvalue weighted by Gasteiger charge is 2.38. The third-order valence-corrected chi connectivity index (χ3v) is 6.87. The van der Waals surface area contributed by atoms with Gasteiger partial charge in [-0.1, -0.05) is 0 Å². The van der Waals surface area contributed by atoms with Crippen LogP contribution in [-0.4, -0.2) is 50.3 Å². The Kier molecular flexibility index (Phi) is 10.4. The Morgan fingerprint density at radius 2 is 1.49 bits per heavy atom. The van der Waals surface area contributed by atoms with E-state index < -0.39 is 27.8 Å². The lowest BCUT2D eigenvalue weighted by Gasteiger charge is -2.16. The Balaban J connectivity index is 0.000000673. The molecule has 0 saturated heterocycles. The molecule has 3 rings (SSSR count). The molecule has 0 aromatic heterocycles. The molecule has 14 heteroatoms. The van der Waals surface area contributed by atoms with Gasteiger partial charge in [-0.2, -0.15) is 13.2 Å². The van der Waals surface area contributed by atoms with Crippen molar-refractivity contribution in [1.29, 1.82) is 0 Å². The number of nitrogens with one attached hydrogen (secondary N) is 2. The van der Waals surface area contributed by atoms with Crippen LogP contribution in [0.15, 0.2) is 76.5 Å². The van der Waals surface area contributed by atoms with E-state index in [-0.39, 0.29) is 34.0 Å².